The van der Waals surface area contributed by atoms with Crippen molar-refractivity contribution in [1.82, 2.24) is 0 Å². The molecule has 0 atom stereocenters. The molecule has 6 heteroatoms. The summed E-state index contributed by atoms with van der Waals surface area (Å²) in [4.78, 5) is 0. The van der Waals surface area contributed by atoms with Crippen molar-refractivity contribution in [1.29, 1.82) is 0 Å². The van der Waals surface area contributed by atoms with Crippen LogP contribution < -0.4 is 4.74 Å². The number of aryl methyl sites for hydroxylation is 2. The van der Waals surface area contributed by atoms with E-state index in [4.69, 9.17) is 0 Å². The van der Waals surface area contributed by atoms with Crippen molar-refractivity contribution in [3.63, 3.8) is 0 Å². The lowest BCUT2D eigenvalue weighted by atomic mass is 10.0. The van der Waals surface area contributed by atoms with Gasteiger partial charge in [0.25, 0.3) is 6.43 Å². The number of ether oxygens (including phenoxy) is 1. The number of benzene rings is 2. The average molecular weight is 344 g/mol. The maximum absolute atomic E-state index is 14.2. The van der Waals surface area contributed by atoms with Crippen LogP contribution in [0.1, 0.15) is 42.0 Å². The van der Waals surface area contributed by atoms with Gasteiger partial charge in [-0.05, 0) is 42.7 Å². The zero-order chi connectivity index (χ0) is 17.9. The Balaban J connectivity index is 2.31. The second kappa shape index (κ2) is 7.20. The monoisotopic (exact) mass is 344 g/mol. The van der Waals surface area contributed by atoms with Gasteiger partial charge in [0.1, 0.15) is 17.1 Å². The molecule has 0 bridgehead atoms. The number of hydrogen-bond donors (Lipinski definition) is 0. The normalized spacial score (nSPS) is 11.8. The highest BCUT2D eigenvalue weighted by Crippen LogP contribution is 2.37. The van der Waals surface area contributed by atoms with E-state index in [0.29, 0.717) is 0 Å². The Hall–Kier alpha value is -2.11. The van der Waals surface area contributed by atoms with Crippen molar-refractivity contribution in [2.24, 2.45) is 0 Å². The summed E-state index contributed by atoms with van der Waals surface area (Å²) in [6.45, 7) is 3.22. The molecule has 0 saturated heterocycles. The van der Waals surface area contributed by atoms with Gasteiger partial charge in [0.05, 0.1) is 5.56 Å². The predicted octanol–water partition coefficient (Wildman–Crippen LogP) is 6.15. The third-order valence-electron chi connectivity index (χ3n) is 3.64. The molecule has 0 aliphatic rings. The van der Waals surface area contributed by atoms with Crippen molar-refractivity contribution in [3.8, 4) is 5.75 Å². The Morgan fingerprint density at radius 1 is 1.04 bits per heavy atom. The van der Waals surface area contributed by atoms with Gasteiger partial charge in [-0.15, -0.1) is 0 Å². The van der Waals surface area contributed by atoms with Gasteiger partial charge in [-0.3, -0.25) is 0 Å². The molecule has 24 heavy (non-hydrogen) atoms. The van der Waals surface area contributed by atoms with Crippen LogP contribution in [0, 0.1) is 12.7 Å². The molecular weight excluding hydrogens is 327 g/mol. The zero-order valence-electron chi connectivity index (χ0n) is 13.3. The number of hydrogen-bond acceptors (Lipinski definition) is 1. The molecule has 0 radical (unpaired) electrons. The van der Waals surface area contributed by atoms with Crippen LogP contribution in [0.3, 0.4) is 0 Å². The molecule has 2 aromatic rings. The van der Waals surface area contributed by atoms with Gasteiger partial charge in [-0.2, -0.15) is 8.78 Å². The maximum Gasteiger partial charge on any atom is 0.429 e. The summed E-state index contributed by atoms with van der Waals surface area (Å²) in [5, 5.41) is 0. The second-order valence-electron chi connectivity index (χ2n) is 5.47. The van der Waals surface area contributed by atoms with E-state index in [1.165, 1.54) is 19.1 Å². The third kappa shape index (κ3) is 3.86. The summed E-state index contributed by atoms with van der Waals surface area (Å²) >= 11 is 0. The highest BCUT2D eigenvalue weighted by molar-refractivity contribution is 5.36. The molecule has 1 nitrogen and oxygen atoms in total. The molecule has 130 valence electrons. The fourth-order valence-electron chi connectivity index (χ4n) is 2.40. The Kier molecular flexibility index (Phi) is 5.47. The third-order valence-corrected chi connectivity index (χ3v) is 3.64. The van der Waals surface area contributed by atoms with Gasteiger partial charge < -0.3 is 4.74 Å². The Labute approximate surface area is 137 Å². The molecule has 2 aromatic carbocycles. The highest BCUT2D eigenvalue weighted by Gasteiger charge is 2.39. The molecule has 0 heterocycles. The minimum absolute atomic E-state index is 0.0917. The van der Waals surface area contributed by atoms with E-state index in [1.54, 1.807) is 12.1 Å². The second-order valence-corrected chi connectivity index (χ2v) is 5.47. The van der Waals surface area contributed by atoms with Crippen molar-refractivity contribution in [3.05, 3.63) is 64.5 Å². The first-order valence-electron chi connectivity index (χ1n) is 7.49. The van der Waals surface area contributed by atoms with E-state index < -0.39 is 29.5 Å². The maximum atomic E-state index is 14.2. The molecule has 0 fully saturated rings. The van der Waals surface area contributed by atoms with Gasteiger partial charge in [-0.25, -0.2) is 13.2 Å². The summed E-state index contributed by atoms with van der Waals surface area (Å²) in [6.07, 6.45) is -5.55. The van der Waals surface area contributed by atoms with Crippen LogP contribution in [0.5, 0.6) is 5.75 Å². The first kappa shape index (κ1) is 18.2. The van der Waals surface area contributed by atoms with Gasteiger partial charge >= 0.3 is 6.11 Å². The van der Waals surface area contributed by atoms with Crippen LogP contribution in [-0.4, -0.2) is 0 Å². The van der Waals surface area contributed by atoms with E-state index in [0.717, 1.165) is 30.5 Å². The number of rotatable bonds is 6. The van der Waals surface area contributed by atoms with Crippen molar-refractivity contribution >= 4 is 0 Å². The highest BCUT2D eigenvalue weighted by atomic mass is 19.3. The van der Waals surface area contributed by atoms with Crippen LogP contribution in [-0.2, 0) is 12.5 Å². The summed E-state index contributed by atoms with van der Waals surface area (Å²) in [7, 11) is 0. The van der Waals surface area contributed by atoms with Crippen molar-refractivity contribution < 1.29 is 26.7 Å². The van der Waals surface area contributed by atoms with Crippen molar-refractivity contribution in [2.45, 2.75) is 39.2 Å². The molecular formula is C18H17F5O. The summed E-state index contributed by atoms with van der Waals surface area (Å²) < 4.78 is 72.9. The fourth-order valence-corrected chi connectivity index (χ4v) is 2.40. The fraction of sp³-hybridized carbons (Fsp3) is 0.333. The van der Waals surface area contributed by atoms with E-state index in [1.807, 2.05) is 6.92 Å². The van der Waals surface area contributed by atoms with Gasteiger partial charge in [0.15, 0.2) is 0 Å². The van der Waals surface area contributed by atoms with Crippen LogP contribution in [0.25, 0.3) is 0 Å². The van der Waals surface area contributed by atoms with Crippen LogP contribution >= 0.6 is 0 Å². The lowest BCUT2D eigenvalue weighted by Crippen LogP contribution is -2.24. The minimum Gasteiger partial charge on any atom is -0.429 e. The topological polar surface area (TPSA) is 9.23 Å². The van der Waals surface area contributed by atoms with Gasteiger partial charge in [-0.1, -0.05) is 31.5 Å². The summed E-state index contributed by atoms with van der Waals surface area (Å²) in [6, 6.07) is 7.75. The molecule has 0 aliphatic carbocycles. The molecule has 0 N–H and O–H groups in total. The largest absolute Gasteiger partial charge is 0.429 e. The van der Waals surface area contributed by atoms with Crippen LogP contribution in [0.4, 0.5) is 22.0 Å². The van der Waals surface area contributed by atoms with Gasteiger partial charge in [0.2, 0.25) is 0 Å². The summed E-state index contributed by atoms with van der Waals surface area (Å²) in [5.41, 5.74) is -1.38. The quantitative estimate of drug-likeness (QED) is 0.571. The van der Waals surface area contributed by atoms with Crippen molar-refractivity contribution in [2.75, 3.05) is 0 Å². The lowest BCUT2D eigenvalue weighted by molar-refractivity contribution is -0.187. The molecule has 0 amide bonds. The lowest BCUT2D eigenvalue weighted by Gasteiger charge is -2.20. The Bertz CT molecular complexity index is 695. The molecule has 2 rings (SSSR count). The number of alkyl halides is 4. The molecule has 0 saturated carbocycles. The molecule has 0 aliphatic heterocycles. The SMILES string of the molecule is CCCc1ccc(OC(F)(F)c2ccc(C)c(C(F)F)c2F)cc1. The van der Waals surface area contributed by atoms with Gasteiger partial charge in [0, 0.05) is 0 Å². The van der Waals surface area contributed by atoms with Crippen LogP contribution in [0.15, 0.2) is 36.4 Å². The zero-order valence-corrected chi connectivity index (χ0v) is 13.3. The standard InChI is InChI=1S/C18H17F5O/c1-3-4-12-6-8-13(9-7-12)24-18(22,23)14-10-5-11(2)15(16(14)19)17(20)21/h5-10,17H,3-4H2,1-2H3. The first-order valence-corrected chi connectivity index (χ1v) is 7.49. The number of halogens is 5. The molecule has 0 spiro atoms. The van der Waals surface area contributed by atoms with E-state index >= 15 is 0 Å². The molecule has 0 unspecified atom stereocenters. The van der Waals surface area contributed by atoms with E-state index in [9.17, 15) is 22.0 Å². The first-order chi connectivity index (χ1) is 11.3. The van der Waals surface area contributed by atoms with E-state index in [2.05, 4.69) is 4.74 Å². The average Bonchev–Trinajstić information content (AvgIpc) is 2.48. The predicted molar refractivity (Wildman–Crippen MR) is 81.1 cm³/mol. The minimum atomic E-state index is -4.06. The molecule has 0 aromatic heterocycles. The van der Waals surface area contributed by atoms with Crippen LogP contribution in [0.2, 0.25) is 0 Å². The summed E-state index contributed by atoms with van der Waals surface area (Å²) in [5.74, 6) is -1.81. The Morgan fingerprint density at radius 3 is 2.21 bits per heavy atom. The van der Waals surface area contributed by atoms with E-state index in [-0.39, 0.29) is 11.3 Å². The smallest absolute Gasteiger partial charge is 0.429 e. The Morgan fingerprint density at radius 2 is 1.67 bits per heavy atom.